The predicted octanol–water partition coefficient (Wildman–Crippen LogP) is 2.73. The smallest absolute Gasteiger partial charge is 0.274 e. The molecule has 3 atom stereocenters. The molecule has 1 saturated carbocycles. The first kappa shape index (κ1) is 16.7. The van der Waals surface area contributed by atoms with E-state index in [1.54, 1.807) is 4.68 Å². The number of rotatable bonds is 2. The molecule has 7 heteroatoms. The van der Waals surface area contributed by atoms with Crippen molar-refractivity contribution in [3.8, 4) is 5.69 Å². The number of aromatic nitrogens is 2. The Morgan fingerprint density at radius 2 is 2.07 bits per heavy atom. The van der Waals surface area contributed by atoms with Gasteiger partial charge < -0.3 is 4.90 Å². The van der Waals surface area contributed by atoms with Gasteiger partial charge >= 0.3 is 0 Å². The lowest BCUT2D eigenvalue weighted by atomic mass is 10.1. The number of piperazine rings is 1. The SMILES string of the molecule is O=C(c1nn(-c2ccc(F)cc2F)c2c1C[C@H]1C[C@@H]21)N1CCN2CCC[C@H]2C1. The third kappa shape index (κ3) is 2.38. The van der Waals surface area contributed by atoms with E-state index in [1.165, 1.54) is 18.6 Å². The summed E-state index contributed by atoms with van der Waals surface area (Å²) in [6.07, 6.45) is 4.24. The molecular weight excluding hydrogens is 362 g/mol. The van der Waals surface area contributed by atoms with E-state index < -0.39 is 11.6 Å². The highest BCUT2D eigenvalue weighted by Gasteiger charge is 2.50. The molecular formula is C21H22F2N4O. The summed E-state index contributed by atoms with van der Waals surface area (Å²) in [6.45, 7) is 3.51. The Labute approximate surface area is 161 Å². The second-order valence-electron chi connectivity index (χ2n) is 8.61. The summed E-state index contributed by atoms with van der Waals surface area (Å²) in [5.74, 6) is -0.403. The number of benzene rings is 1. The van der Waals surface area contributed by atoms with E-state index in [2.05, 4.69) is 10.00 Å². The van der Waals surface area contributed by atoms with E-state index in [4.69, 9.17) is 0 Å². The van der Waals surface area contributed by atoms with Crippen LogP contribution in [0.1, 0.15) is 46.9 Å². The van der Waals surface area contributed by atoms with Gasteiger partial charge in [0.05, 0.1) is 5.69 Å². The van der Waals surface area contributed by atoms with Crippen LogP contribution in [0, 0.1) is 17.6 Å². The maximum Gasteiger partial charge on any atom is 0.274 e. The van der Waals surface area contributed by atoms with Crippen molar-refractivity contribution in [2.75, 3.05) is 26.2 Å². The van der Waals surface area contributed by atoms with Crippen LogP contribution in [0.15, 0.2) is 18.2 Å². The highest BCUT2D eigenvalue weighted by molar-refractivity contribution is 5.94. The number of nitrogens with zero attached hydrogens (tertiary/aromatic N) is 4. The van der Waals surface area contributed by atoms with Crippen molar-refractivity contribution in [3.63, 3.8) is 0 Å². The fourth-order valence-corrected chi connectivity index (χ4v) is 5.45. The quantitative estimate of drug-likeness (QED) is 0.800. The van der Waals surface area contributed by atoms with Gasteiger partial charge in [0.2, 0.25) is 0 Å². The van der Waals surface area contributed by atoms with Crippen molar-refractivity contribution >= 4 is 5.91 Å². The summed E-state index contributed by atoms with van der Waals surface area (Å²) < 4.78 is 29.4. The summed E-state index contributed by atoms with van der Waals surface area (Å²) in [5.41, 5.74) is 2.63. The van der Waals surface area contributed by atoms with E-state index in [-0.39, 0.29) is 11.6 Å². The van der Waals surface area contributed by atoms with Crippen LogP contribution in [0.25, 0.3) is 5.69 Å². The van der Waals surface area contributed by atoms with Gasteiger partial charge in [0, 0.05) is 43.2 Å². The summed E-state index contributed by atoms with van der Waals surface area (Å²) in [5, 5.41) is 4.58. The van der Waals surface area contributed by atoms with Gasteiger partial charge in [-0.25, -0.2) is 13.5 Å². The van der Waals surface area contributed by atoms with Gasteiger partial charge in [-0.3, -0.25) is 9.69 Å². The van der Waals surface area contributed by atoms with Gasteiger partial charge in [-0.2, -0.15) is 5.10 Å². The Bertz CT molecular complexity index is 987. The molecule has 0 N–H and O–H groups in total. The van der Waals surface area contributed by atoms with Crippen molar-refractivity contribution in [2.24, 2.45) is 5.92 Å². The molecule has 28 heavy (non-hydrogen) atoms. The Morgan fingerprint density at radius 1 is 1.18 bits per heavy atom. The zero-order valence-corrected chi connectivity index (χ0v) is 15.6. The molecule has 146 valence electrons. The van der Waals surface area contributed by atoms with Crippen LogP contribution in [0.2, 0.25) is 0 Å². The number of halogens is 2. The topological polar surface area (TPSA) is 41.4 Å². The van der Waals surface area contributed by atoms with Crippen LogP contribution in [-0.4, -0.2) is 57.7 Å². The maximum absolute atomic E-state index is 14.5. The first-order valence-electron chi connectivity index (χ1n) is 10.2. The predicted molar refractivity (Wildman–Crippen MR) is 98.5 cm³/mol. The summed E-state index contributed by atoms with van der Waals surface area (Å²) in [6, 6.07) is 3.99. The molecule has 1 aromatic heterocycles. The molecule has 2 aliphatic carbocycles. The highest BCUT2D eigenvalue weighted by Crippen LogP contribution is 2.57. The first-order valence-corrected chi connectivity index (χ1v) is 10.2. The third-order valence-corrected chi connectivity index (χ3v) is 6.98. The van der Waals surface area contributed by atoms with E-state index in [0.717, 1.165) is 56.2 Å². The molecule has 4 aliphatic rings. The van der Waals surface area contributed by atoms with Crippen LogP contribution in [0.3, 0.4) is 0 Å². The van der Waals surface area contributed by atoms with Crippen molar-refractivity contribution in [1.82, 2.24) is 19.6 Å². The van der Waals surface area contributed by atoms with Crippen LogP contribution >= 0.6 is 0 Å². The molecule has 6 rings (SSSR count). The van der Waals surface area contributed by atoms with Crippen molar-refractivity contribution in [2.45, 2.75) is 37.6 Å². The van der Waals surface area contributed by atoms with Gasteiger partial charge in [0.1, 0.15) is 11.5 Å². The lowest BCUT2D eigenvalue weighted by Crippen LogP contribution is -2.52. The standard InChI is InChI=1S/C21H22F2N4O/c22-13-3-4-18(17(23)10-13)27-20-15-8-12(15)9-16(20)19(24-27)21(28)26-7-6-25-5-1-2-14(25)11-26/h3-4,10,12,14-15H,1-2,5-9,11H2/t12-,14+,15-/m1/s1. The maximum atomic E-state index is 14.5. The van der Waals surface area contributed by atoms with Crippen LogP contribution in [-0.2, 0) is 6.42 Å². The molecule has 5 nitrogen and oxygen atoms in total. The molecule has 0 bridgehead atoms. The summed E-state index contributed by atoms with van der Waals surface area (Å²) >= 11 is 0. The Kier molecular flexibility index (Phi) is 3.49. The molecule has 0 spiro atoms. The van der Waals surface area contributed by atoms with E-state index >= 15 is 0 Å². The molecule has 1 aromatic carbocycles. The van der Waals surface area contributed by atoms with Crippen LogP contribution in [0.5, 0.6) is 0 Å². The Hall–Kier alpha value is -2.28. The average Bonchev–Trinajstić information content (AvgIpc) is 3.04. The van der Waals surface area contributed by atoms with Gasteiger partial charge in [0.25, 0.3) is 5.91 Å². The molecule has 2 saturated heterocycles. The molecule has 2 aromatic rings. The lowest BCUT2D eigenvalue weighted by molar-refractivity contribution is 0.0564. The van der Waals surface area contributed by atoms with Crippen LogP contribution < -0.4 is 0 Å². The Morgan fingerprint density at radius 3 is 2.93 bits per heavy atom. The molecule has 2 aliphatic heterocycles. The normalized spacial score (nSPS) is 28.2. The number of amides is 1. The number of hydrogen-bond donors (Lipinski definition) is 0. The first-order chi connectivity index (χ1) is 13.6. The highest BCUT2D eigenvalue weighted by atomic mass is 19.1. The fourth-order valence-electron chi connectivity index (χ4n) is 5.45. The minimum Gasteiger partial charge on any atom is -0.334 e. The largest absolute Gasteiger partial charge is 0.334 e. The zero-order chi connectivity index (χ0) is 19.0. The number of carbonyl (C=O) groups excluding carboxylic acids is 1. The average molecular weight is 384 g/mol. The van der Waals surface area contributed by atoms with Crippen LogP contribution in [0.4, 0.5) is 8.78 Å². The molecule has 0 radical (unpaired) electrons. The van der Waals surface area contributed by atoms with E-state index in [9.17, 15) is 13.6 Å². The van der Waals surface area contributed by atoms with E-state index in [0.29, 0.717) is 30.1 Å². The van der Waals surface area contributed by atoms with Gasteiger partial charge in [-0.05, 0) is 50.3 Å². The Balaban J connectivity index is 1.38. The minimum absolute atomic E-state index is 0.0367. The second kappa shape index (κ2) is 5.86. The lowest BCUT2D eigenvalue weighted by Gasteiger charge is -2.37. The molecule has 0 unspecified atom stereocenters. The second-order valence-corrected chi connectivity index (χ2v) is 8.61. The minimum atomic E-state index is -0.645. The number of hydrogen-bond acceptors (Lipinski definition) is 3. The van der Waals surface area contributed by atoms with E-state index in [1.807, 2.05) is 4.90 Å². The third-order valence-electron chi connectivity index (χ3n) is 6.98. The van der Waals surface area contributed by atoms with Crippen molar-refractivity contribution in [1.29, 1.82) is 0 Å². The molecule has 3 fully saturated rings. The van der Waals surface area contributed by atoms with Gasteiger partial charge in [-0.15, -0.1) is 0 Å². The van der Waals surface area contributed by atoms with Gasteiger partial charge in [-0.1, -0.05) is 0 Å². The van der Waals surface area contributed by atoms with Crippen molar-refractivity contribution < 1.29 is 13.6 Å². The number of fused-ring (bicyclic) bond motifs is 4. The van der Waals surface area contributed by atoms with Crippen molar-refractivity contribution in [3.05, 3.63) is 46.8 Å². The molecule has 3 heterocycles. The monoisotopic (exact) mass is 384 g/mol. The summed E-state index contributed by atoms with van der Waals surface area (Å²) in [4.78, 5) is 17.7. The summed E-state index contributed by atoms with van der Waals surface area (Å²) in [7, 11) is 0. The zero-order valence-electron chi connectivity index (χ0n) is 15.6. The molecule has 1 amide bonds. The fraction of sp³-hybridized carbons (Fsp3) is 0.524. The van der Waals surface area contributed by atoms with Gasteiger partial charge in [0.15, 0.2) is 11.5 Å². The number of carbonyl (C=O) groups is 1.